The average molecular weight is 295 g/mol. The van der Waals surface area contributed by atoms with E-state index >= 15 is 0 Å². The molecule has 0 atom stereocenters. The van der Waals surface area contributed by atoms with E-state index in [1.165, 1.54) is 11.3 Å². The van der Waals surface area contributed by atoms with Crippen molar-refractivity contribution in [2.24, 2.45) is 0 Å². The summed E-state index contributed by atoms with van der Waals surface area (Å²) in [5, 5.41) is 5.97. The zero-order chi connectivity index (χ0) is 13.8. The molecule has 0 bridgehead atoms. The summed E-state index contributed by atoms with van der Waals surface area (Å²) in [5.74, 6) is -0.178. The zero-order valence-corrected chi connectivity index (χ0v) is 12.4. The molecule has 1 amide bonds. The van der Waals surface area contributed by atoms with Crippen LogP contribution < -0.4 is 5.32 Å². The summed E-state index contributed by atoms with van der Waals surface area (Å²) in [7, 11) is 0. The third-order valence-electron chi connectivity index (χ3n) is 2.58. The quantitative estimate of drug-likeness (QED) is 0.913. The first-order valence-corrected chi connectivity index (χ1v) is 7.37. The molecule has 0 unspecified atom stereocenters. The lowest BCUT2D eigenvalue weighted by Crippen LogP contribution is -2.12. The molecule has 2 aromatic rings. The molecule has 0 aliphatic carbocycles. The number of carbonyl (C=O) groups excluding carboxylic acids is 1. The van der Waals surface area contributed by atoms with E-state index in [-0.39, 0.29) is 5.91 Å². The second-order valence-electron chi connectivity index (χ2n) is 4.37. The summed E-state index contributed by atoms with van der Waals surface area (Å²) < 4.78 is 0. The van der Waals surface area contributed by atoms with Crippen LogP contribution in [0.25, 0.3) is 0 Å². The highest BCUT2D eigenvalue weighted by Crippen LogP contribution is 2.19. The first kappa shape index (κ1) is 14.0. The van der Waals surface area contributed by atoms with Crippen LogP contribution in [-0.2, 0) is 6.42 Å². The smallest absolute Gasteiger partial charge is 0.257 e. The largest absolute Gasteiger partial charge is 0.298 e. The Bertz CT molecular complexity index is 575. The first-order chi connectivity index (χ1) is 9.08. The van der Waals surface area contributed by atoms with Gasteiger partial charge in [0.2, 0.25) is 0 Å². The summed E-state index contributed by atoms with van der Waals surface area (Å²) in [6.07, 6.45) is 1.98. The van der Waals surface area contributed by atoms with Crippen LogP contribution in [0.1, 0.15) is 35.0 Å². The van der Waals surface area contributed by atoms with E-state index in [4.69, 9.17) is 11.6 Å². The minimum absolute atomic E-state index is 0.178. The minimum atomic E-state index is -0.178. The van der Waals surface area contributed by atoms with E-state index in [9.17, 15) is 4.79 Å². The number of hydrogen-bond acceptors (Lipinski definition) is 3. The Labute approximate surface area is 121 Å². The molecule has 0 saturated heterocycles. The van der Waals surface area contributed by atoms with Crippen molar-refractivity contribution in [3.05, 3.63) is 45.4 Å². The Kier molecular flexibility index (Phi) is 4.56. The van der Waals surface area contributed by atoms with Gasteiger partial charge in [0.1, 0.15) is 0 Å². The fourth-order valence-corrected chi connectivity index (χ4v) is 2.80. The van der Waals surface area contributed by atoms with Gasteiger partial charge < -0.3 is 0 Å². The lowest BCUT2D eigenvalue weighted by molar-refractivity contribution is 0.102. The molecule has 100 valence electrons. The second kappa shape index (κ2) is 6.17. The van der Waals surface area contributed by atoms with Crippen molar-refractivity contribution in [2.75, 3.05) is 5.32 Å². The van der Waals surface area contributed by atoms with Gasteiger partial charge in [-0.15, -0.1) is 11.3 Å². The maximum atomic E-state index is 12.1. The number of carbonyl (C=O) groups is 1. The summed E-state index contributed by atoms with van der Waals surface area (Å²) in [6.45, 7) is 4.01. The van der Waals surface area contributed by atoms with Crippen molar-refractivity contribution >= 4 is 34.0 Å². The van der Waals surface area contributed by atoms with E-state index in [1.54, 1.807) is 6.07 Å². The van der Waals surface area contributed by atoms with E-state index in [0.29, 0.717) is 15.7 Å². The number of hydrogen-bond donors (Lipinski definition) is 1. The van der Waals surface area contributed by atoms with Crippen LogP contribution in [-0.4, -0.2) is 10.9 Å². The minimum Gasteiger partial charge on any atom is -0.298 e. The maximum Gasteiger partial charge on any atom is 0.257 e. The monoisotopic (exact) mass is 294 g/mol. The Balaban J connectivity index is 2.11. The number of amides is 1. The zero-order valence-electron chi connectivity index (χ0n) is 10.9. The average Bonchev–Trinajstić information content (AvgIpc) is 2.76. The van der Waals surface area contributed by atoms with Gasteiger partial charge in [0.05, 0.1) is 5.69 Å². The molecule has 1 aromatic carbocycles. The van der Waals surface area contributed by atoms with Gasteiger partial charge in [0.15, 0.2) is 5.13 Å². The number of aryl methyl sites for hydroxylation is 2. The number of aromatic nitrogens is 1. The van der Waals surface area contributed by atoms with Crippen molar-refractivity contribution < 1.29 is 4.79 Å². The van der Waals surface area contributed by atoms with Gasteiger partial charge in [0.25, 0.3) is 5.91 Å². The highest BCUT2D eigenvalue weighted by Gasteiger charge is 2.10. The Morgan fingerprint density at radius 1 is 1.42 bits per heavy atom. The van der Waals surface area contributed by atoms with Crippen LogP contribution >= 0.6 is 22.9 Å². The van der Waals surface area contributed by atoms with Crippen molar-refractivity contribution in [3.8, 4) is 0 Å². The molecular formula is C14H15ClN2OS. The molecule has 5 heteroatoms. The second-order valence-corrected chi connectivity index (χ2v) is 5.66. The first-order valence-electron chi connectivity index (χ1n) is 6.11. The van der Waals surface area contributed by atoms with Gasteiger partial charge in [-0.1, -0.05) is 24.9 Å². The molecule has 0 aliphatic rings. The SMILES string of the molecule is CCCc1csc(NC(=O)c2cc(C)cc(Cl)c2)n1. The third kappa shape index (κ3) is 3.78. The fourth-order valence-electron chi connectivity index (χ4n) is 1.77. The van der Waals surface area contributed by atoms with Crippen molar-refractivity contribution in [3.63, 3.8) is 0 Å². The molecule has 0 fully saturated rings. The molecular weight excluding hydrogens is 280 g/mol. The number of benzene rings is 1. The highest BCUT2D eigenvalue weighted by molar-refractivity contribution is 7.13. The van der Waals surface area contributed by atoms with E-state index < -0.39 is 0 Å². The van der Waals surface area contributed by atoms with Crippen molar-refractivity contribution in [1.29, 1.82) is 0 Å². The van der Waals surface area contributed by atoms with Gasteiger partial charge in [-0.2, -0.15) is 0 Å². The number of thiazole rings is 1. The van der Waals surface area contributed by atoms with E-state index in [1.807, 2.05) is 24.4 Å². The number of anilines is 1. The topological polar surface area (TPSA) is 42.0 Å². The molecule has 0 radical (unpaired) electrons. The number of halogens is 1. The molecule has 1 heterocycles. The highest BCUT2D eigenvalue weighted by atomic mass is 35.5. The Morgan fingerprint density at radius 2 is 2.21 bits per heavy atom. The van der Waals surface area contributed by atoms with Gasteiger partial charge in [-0.05, 0) is 37.1 Å². The molecule has 0 aliphatic heterocycles. The van der Waals surface area contributed by atoms with E-state index in [0.717, 1.165) is 24.1 Å². The van der Waals surface area contributed by atoms with Crippen LogP contribution in [0.4, 0.5) is 5.13 Å². The lowest BCUT2D eigenvalue weighted by atomic mass is 10.1. The van der Waals surface area contributed by atoms with Crippen LogP contribution in [0.3, 0.4) is 0 Å². The van der Waals surface area contributed by atoms with Crippen LogP contribution in [0.2, 0.25) is 5.02 Å². The summed E-state index contributed by atoms with van der Waals surface area (Å²) in [6, 6.07) is 5.29. The summed E-state index contributed by atoms with van der Waals surface area (Å²) >= 11 is 7.39. The van der Waals surface area contributed by atoms with Gasteiger partial charge >= 0.3 is 0 Å². The molecule has 1 N–H and O–H groups in total. The third-order valence-corrected chi connectivity index (χ3v) is 3.61. The van der Waals surface area contributed by atoms with Crippen molar-refractivity contribution in [2.45, 2.75) is 26.7 Å². The van der Waals surface area contributed by atoms with Crippen molar-refractivity contribution in [1.82, 2.24) is 4.98 Å². The summed E-state index contributed by atoms with van der Waals surface area (Å²) in [5.41, 5.74) is 2.53. The summed E-state index contributed by atoms with van der Waals surface area (Å²) in [4.78, 5) is 16.4. The maximum absolute atomic E-state index is 12.1. The Hall–Kier alpha value is -1.39. The molecule has 0 spiro atoms. The number of nitrogens with zero attached hydrogens (tertiary/aromatic N) is 1. The number of rotatable bonds is 4. The predicted octanol–water partition coefficient (Wildman–Crippen LogP) is 4.31. The van der Waals surface area contributed by atoms with Gasteiger partial charge in [-0.25, -0.2) is 4.98 Å². The van der Waals surface area contributed by atoms with Gasteiger partial charge in [0, 0.05) is 16.0 Å². The molecule has 19 heavy (non-hydrogen) atoms. The van der Waals surface area contributed by atoms with Gasteiger partial charge in [-0.3, -0.25) is 10.1 Å². The molecule has 3 nitrogen and oxygen atoms in total. The Morgan fingerprint density at radius 3 is 2.89 bits per heavy atom. The fraction of sp³-hybridized carbons (Fsp3) is 0.286. The van der Waals surface area contributed by atoms with Crippen LogP contribution in [0.15, 0.2) is 23.6 Å². The molecule has 0 saturated carbocycles. The number of nitrogens with one attached hydrogen (secondary N) is 1. The standard InChI is InChI=1S/C14H15ClN2OS/c1-3-4-12-8-19-14(16-12)17-13(18)10-5-9(2)6-11(15)7-10/h5-8H,3-4H2,1-2H3,(H,16,17,18). The lowest BCUT2D eigenvalue weighted by Gasteiger charge is -2.03. The van der Waals surface area contributed by atoms with Crippen LogP contribution in [0.5, 0.6) is 0 Å². The van der Waals surface area contributed by atoms with E-state index in [2.05, 4.69) is 17.2 Å². The molecule has 2 rings (SSSR count). The molecule has 1 aromatic heterocycles. The van der Waals surface area contributed by atoms with Crippen LogP contribution in [0, 0.1) is 6.92 Å². The normalized spacial score (nSPS) is 10.5. The predicted molar refractivity (Wildman–Crippen MR) is 80.3 cm³/mol.